The lowest BCUT2D eigenvalue weighted by Crippen LogP contribution is -2.49. The molecule has 4 heterocycles. The molecule has 0 radical (unpaired) electrons. The van der Waals surface area contributed by atoms with E-state index in [0.717, 1.165) is 36.6 Å². The van der Waals surface area contributed by atoms with Crippen molar-refractivity contribution >= 4 is 17.2 Å². The van der Waals surface area contributed by atoms with Crippen molar-refractivity contribution in [1.29, 1.82) is 0 Å². The highest BCUT2D eigenvalue weighted by Gasteiger charge is 2.44. The molecular weight excluding hydrogens is 382 g/mol. The fraction of sp³-hybridized carbons (Fsp3) is 0.348. The lowest BCUT2D eigenvalue weighted by atomic mass is 10.0. The number of methoxy groups -OCH3 is 1. The topological polar surface area (TPSA) is 37.7 Å². The van der Waals surface area contributed by atoms with Crippen LogP contribution in [0.1, 0.15) is 31.8 Å². The molecule has 0 unspecified atom stereocenters. The Bertz CT molecular complexity index is 1020. The van der Waals surface area contributed by atoms with Crippen molar-refractivity contribution in [3.8, 4) is 5.75 Å². The summed E-state index contributed by atoms with van der Waals surface area (Å²) in [5.74, 6) is 0.963. The van der Waals surface area contributed by atoms with Gasteiger partial charge < -0.3 is 14.2 Å². The third-order valence-corrected chi connectivity index (χ3v) is 7.02. The predicted molar refractivity (Wildman–Crippen MR) is 114 cm³/mol. The zero-order valence-corrected chi connectivity index (χ0v) is 17.6. The maximum absolute atomic E-state index is 13.3. The standard InChI is InChI=1S/C23H25N3O2S/c1-16-5-10-19(29-16)13-24-14-21-22(15-24)26(23(27)20-4-3-11-25(20)21)12-17-6-8-18(28-2)9-7-17/h3-11,21-22H,12-15H2,1-2H3/t21-,22-/m1/s1. The highest BCUT2D eigenvalue weighted by Crippen LogP contribution is 2.35. The lowest BCUT2D eigenvalue weighted by molar-refractivity contribution is 0.0556. The minimum Gasteiger partial charge on any atom is -0.497 e. The number of rotatable bonds is 5. The molecule has 2 atom stereocenters. The van der Waals surface area contributed by atoms with Gasteiger partial charge in [-0.05, 0) is 48.9 Å². The number of carbonyl (C=O) groups excluding carboxylic acids is 1. The van der Waals surface area contributed by atoms with Gasteiger partial charge in [0, 0.05) is 42.1 Å². The molecule has 1 aromatic carbocycles. The quantitative estimate of drug-likeness (QED) is 0.643. The molecule has 150 valence electrons. The number of hydrogen-bond donors (Lipinski definition) is 0. The summed E-state index contributed by atoms with van der Waals surface area (Å²) in [5, 5.41) is 0. The van der Waals surface area contributed by atoms with Crippen LogP contribution >= 0.6 is 11.3 Å². The minimum absolute atomic E-state index is 0.126. The highest BCUT2D eigenvalue weighted by molar-refractivity contribution is 7.11. The van der Waals surface area contributed by atoms with E-state index in [1.807, 2.05) is 35.6 Å². The molecule has 2 aromatic heterocycles. The molecule has 6 heteroatoms. The summed E-state index contributed by atoms with van der Waals surface area (Å²) in [6.07, 6.45) is 2.06. The van der Waals surface area contributed by atoms with Crippen LogP contribution in [0.25, 0.3) is 0 Å². The average molecular weight is 408 g/mol. The third-order valence-electron chi connectivity index (χ3n) is 6.04. The summed E-state index contributed by atoms with van der Waals surface area (Å²) in [7, 11) is 1.67. The first-order chi connectivity index (χ1) is 14.1. The van der Waals surface area contributed by atoms with Crippen LogP contribution in [0.2, 0.25) is 0 Å². The number of ether oxygens (including phenoxy) is 1. The molecule has 0 N–H and O–H groups in total. The summed E-state index contributed by atoms with van der Waals surface area (Å²) >= 11 is 1.86. The molecule has 0 saturated carbocycles. The normalized spacial score (nSPS) is 21.3. The number of hydrogen-bond acceptors (Lipinski definition) is 4. The summed E-state index contributed by atoms with van der Waals surface area (Å²) in [4.78, 5) is 20.6. The molecule has 1 fully saturated rings. The Morgan fingerprint density at radius 2 is 1.83 bits per heavy atom. The van der Waals surface area contributed by atoms with E-state index in [1.165, 1.54) is 9.75 Å². The van der Waals surface area contributed by atoms with Crippen LogP contribution in [0.15, 0.2) is 54.7 Å². The van der Waals surface area contributed by atoms with E-state index in [-0.39, 0.29) is 11.9 Å². The Kier molecular flexibility index (Phi) is 4.68. The minimum atomic E-state index is 0.126. The summed E-state index contributed by atoms with van der Waals surface area (Å²) in [6, 6.07) is 16.9. The zero-order valence-electron chi connectivity index (χ0n) is 16.7. The van der Waals surface area contributed by atoms with Crippen LogP contribution in [0, 0.1) is 6.92 Å². The van der Waals surface area contributed by atoms with Gasteiger partial charge in [0.15, 0.2) is 0 Å². The number of aromatic nitrogens is 1. The number of fused-ring (bicyclic) bond motifs is 3. The van der Waals surface area contributed by atoms with Crippen LogP contribution in [0.4, 0.5) is 0 Å². The number of carbonyl (C=O) groups is 1. The monoisotopic (exact) mass is 407 g/mol. The van der Waals surface area contributed by atoms with Gasteiger partial charge in [0.1, 0.15) is 11.4 Å². The number of likely N-dealkylation sites (tertiary alicyclic amines) is 1. The maximum atomic E-state index is 13.3. The molecule has 5 nitrogen and oxygen atoms in total. The predicted octanol–water partition coefficient (Wildman–Crippen LogP) is 3.95. The second kappa shape index (κ2) is 7.35. The number of thiophene rings is 1. The smallest absolute Gasteiger partial charge is 0.271 e. The molecule has 29 heavy (non-hydrogen) atoms. The van der Waals surface area contributed by atoms with Gasteiger partial charge in [0.05, 0.1) is 19.2 Å². The maximum Gasteiger partial charge on any atom is 0.271 e. The Labute approximate surface area is 175 Å². The molecule has 1 saturated heterocycles. The van der Waals surface area contributed by atoms with Crippen LogP contribution in [-0.4, -0.2) is 46.5 Å². The van der Waals surface area contributed by atoms with E-state index in [1.54, 1.807) is 7.11 Å². The molecule has 0 aliphatic carbocycles. The second-order valence-corrected chi connectivity index (χ2v) is 9.30. The van der Waals surface area contributed by atoms with Crippen molar-refractivity contribution in [2.24, 2.45) is 0 Å². The van der Waals surface area contributed by atoms with Crippen molar-refractivity contribution in [3.05, 3.63) is 75.7 Å². The van der Waals surface area contributed by atoms with Gasteiger partial charge in [-0.15, -0.1) is 11.3 Å². The van der Waals surface area contributed by atoms with Gasteiger partial charge >= 0.3 is 0 Å². The molecule has 0 bridgehead atoms. The number of benzene rings is 1. The molecule has 2 aliphatic rings. The first kappa shape index (κ1) is 18.5. The molecular formula is C23H25N3O2S. The molecule has 5 rings (SSSR count). The van der Waals surface area contributed by atoms with E-state index < -0.39 is 0 Å². The van der Waals surface area contributed by atoms with Crippen molar-refractivity contribution in [1.82, 2.24) is 14.4 Å². The number of aryl methyl sites for hydroxylation is 1. The van der Waals surface area contributed by atoms with Crippen LogP contribution in [-0.2, 0) is 13.1 Å². The van der Waals surface area contributed by atoms with Crippen molar-refractivity contribution in [3.63, 3.8) is 0 Å². The largest absolute Gasteiger partial charge is 0.497 e. The Hall–Kier alpha value is -2.57. The van der Waals surface area contributed by atoms with Crippen LogP contribution < -0.4 is 4.74 Å². The average Bonchev–Trinajstić information content (AvgIpc) is 3.45. The van der Waals surface area contributed by atoms with E-state index in [9.17, 15) is 4.79 Å². The summed E-state index contributed by atoms with van der Waals surface area (Å²) in [6.45, 7) is 5.60. The van der Waals surface area contributed by atoms with Gasteiger partial charge in [0.25, 0.3) is 5.91 Å². The first-order valence-electron chi connectivity index (χ1n) is 10.0. The van der Waals surface area contributed by atoms with Crippen LogP contribution in [0.3, 0.4) is 0 Å². The van der Waals surface area contributed by atoms with Crippen molar-refractivity contribution in [2.45, 2.75) is 32.1 Å². The Morgan fingerprint density at radius 3 is 2.55 bits per heavy atom. The Morgan fingerprint density at radius 1 is 1.03 bits per heavy atom. The summed E-state index contributed by atoms with van der Waals surface area (Å²) < 4.78 is 7.46. The Balaban J connectivity index is 1.41. The number of nitrogens with zero attached hydrogens (tertiary/aromatic N) is 3. The lowest BCUT2D eigenvalue weighted by Gasteiger charge is -2.38. The van der Waals surface area contributed by atoms with E-state index in [4.69, 9.17) is 4.74 Å². The highest BCUT2D eigenvalue weighted by atomic mass is 32.1. The van der Waals surface area contributed by atoms with Crippen molar-refractivity contribution in [2.75, 3.05) is 20.2 Å². The molecule has 2 aliphatic heterocycles. The van der Waals surface area contributed by atoms with Gasteiger partial charge in [0.2, 0.25) is 0 Å². The van der Waals surface area contributed by atoms with Gasteiger partial charge in [-0.25, -0.2) is 0 Å². The van der Waals surface area contributed by atoms with E-state index in [2.05, 4.69) is 51.8 Å². The molecule has 1 amide bonds. The molecule has 3 aromatic rings. The second-order valence-electron chi connectivity index (χ2n) is 7.92. The van der Waals surface area contributed by atoms with Gasteiger partial charge in [-0.3, -0.25) is 9.69 Å². The fourth-order valence-corrected chi connectivity index (χ4v) is 5.56. The summed E-state index contributed by atoms with van der Waals surface area (Å²) in [5.41, 5.74) is 1.93. The van der Waals surface area contributed by atoms with Gasteiger partial charge in [-0.2, -0.15) is 0 Å². The van der Waals surface area contributed by atoms with E-state index >= 15 is 0 Å². The number of amides is 1. The molecule has 0 spiro atoms. The zero-order chi connectivity index (χ0) is 20.0. The van der Waals surface area contributed by atoms with Gasteiger partial charge in [-0.1, -0.05) is 12.1 Å². The van der Waals surface area contributed by atoms with E-state index in [0.29, 0.717) is 12.6 Å². The fourth-order valence-electron chi connectivity index (χ4n) is 4.62. The SMILES string of the molecule is COc1ccc(CN2C(=O)c3cccn3[C@@H]3CN(Cc4ccc(C)s4)C[C@H]32)cc1. The van der Waals surface area contributed by atoms with Crippen molar-refractivity contribution < 1.29 is 9.53 Å². The third kappa shape index (κ3) is 3.36. The van der Waals surface area contributed by atoms with Crippen LogP contribution in [0.5, 0.6) is 5.75 Å². The first-order valence-corrected chi connectivity index (χ1v) is 10.8.